The van der Waals surface area contributed by atoms with Gasteiger partial charge in [-0.2, -0.15) is 0 Å². The first-order valence-corrected chi connectivity index (χ1v) is 8.93. The quantitative estimate of drug-likeness (QED) is 0.693. The minimum Gasteiger partial charge on any atom is -0.497 e. The Morgan fingerprint density at radius 3 is 2.79 bits per heavy atom. The van der Waals surface area contributed by atoms with E-state index in [4.69, 9.17) is 9.47 Å². The SMILES string of the molecule is COc1ccc(OCCNc2ncnc3sc4c(c23)CCC4)cc1. The molecule has 0 bridgehead atoms. The summed E-state index contributed by atoms with van der Waals surface area (Å²) in [5.41, 5.74) is 1.44. The molecule has 1 N–H and O–H groups in total. The van der Waals surface area contributed by atoms with Crippen LogP contribution < -0.4 is 14.8 Å². The number of anilines is 1. The van der Waals surface area contributed by atoms with Crippen LogP contribution in [-0.4, -0.2) is 30.2 Å². The fraction of sp³-hybridized carbons (Fsp3) is 0.333. The Balaban J connectivity index is 1.40. The van der Waals surface area contributed by atoms with E-state index < -0.39 is 0 Å². The summed E-state index contributed by atoms with van der Waals surface area (Å²) in [7, 11) is 1.66. The molecule has 2 aromatic heterocycles. The lowest BCUT2D eigenvalue weighted by Gasteiger charge is -2.09. The standard InChI is InChI=1S/C18H19N3O2S/c1-22-12-5-7-13(8-6-12)23-10-9-19-17-16-14-3-2-4-15(14)24-18(16)21-11-20-17/h5-8,11H,2-4,9-10H2,1H3,(H,19,20,21). The number of hydrogen-bond donors (Lipinski definition) is 1. The minimum absolute atomic E-state index is 0.574. The first-order valence-electron chi connectivity index (χ1n) is 8.11. The van der Waals surface area contributed by atoms with Crippen molar-refractivity contribution >= 4 is 27.4 Å². The average molecular weight is 341 g/mol. The van der Waals surface area contributed by atoms with Gasteiger partial charge >= 0.3 is 0 Å². The Labute approximate surface area is 144 Å². The predicted molar refractivity (Wildman–Crippen MR) is 96.4 cm³/mol. The lowest BCUT2D eigenvalue weighted by molar-refractivity contribution is 0.331. The molecule has 1 aliphatic carbocycles. The van der Waals surface area contributed by atoms with Gasteiger partial charge in [0, 0.05) is 4.88 Å². The summed E-state index contributed by atoms with van der Waals surface area (Å²) in [5.74, 6) is 2.59. The van der Waals surface area contributed by atoms with Gasteiger partial charge in [-0.15, -0.1) is 11.3 Å². The van der Waals surface area contributed by atoms with Crippen molar-refractivity contribution in [3.63, 3.8) is 0 Å². The molecule has 0 amide bonds. The second-order valence-corrected chi connectivity index (χ2v) is 6.79. The van der Waals surface area contributed by atoms with Crippen LogP contribution in [0.3, 0.4) is 0 Å². The largest absolute Gasteiger partial charge is 0.497 e. The van der Waals surface area contributed by atoms with Crippen LogP contribution >= 0.6 is 11.3 Å². The Morgan fingerprint density at radius 2 is 1.96 bits per heavy atom. The maximum absolute atomic E-state index is 5.75. The van der Waals surface area contributed by atoms with Gasteiger partial charge in [-0.1, -0.05) is 0 Å². The van der Waals surface area contributed by atoms with E-state index in [2.05, 4.69) is 15.3 Å². The summed E-state index contributed by atoms with van der Waals surface area (Å²) >= 11 is 1.81. The summed E-state index contributed by atoms with van der Waals surface area (Å²) in [6, 6.07) is 7.61. The van der Waals surface area contributed by atoms with Crippen LogP contribution in [0.15, 0.2) is 30.6 Å². The van der Waals surface area contributed by atoms with Crippen molar-refractivity contribution in [1.29, 1.82) is 0 Å². The molecule has 2 heterocycles. The van der Waals surface area contributed by atoms with Gasteiger partial charge in [0.1, 0.15) is 35.1 Å². The number of rotatable bonds is 6. The lowest BCUT2D eigenvalue weighted by atomic mass is 10.2. The van der Waals surface area contributed by atoms with Crippen molar-refractivity contribution in [2.24, 2.45) is 0 Å². The first-order chi connectivity index (χ1) is 11.8. The molecular formula is C18H19N3O2S. The second-order valence-electron chi connectivity index (χ2n) is 5.71. The maximum Gasteiger partial charge on any atom is 0.138 e. The fourth-order valence-electron chi connectivity index (χ4n) is 3.07. The van der Waals surface area contributed by atoms with Gasteiger partial charge in [-0.25, -0.2) is 9.97 Å². The fourth-order valence-corrected chi connectivity index (χ4v) is 4.30. The topological polar surface area (TPSA) is 56.3 Å². The smallest absolute Gasteiger partial charge is 0.138 e. The van der Waals surface area contributed by atoms with Gasteiger partial charge in [-0.05, 0) is 49.1 Å². The number of methoxy groups -OCH3 is 1. The number of nitrogens with zero attached hydrogens (tertiary/aromatic N) is 2. The zero-order valence-corrected chi connectivity index (χ0v) is 14.4. The number of aromatic nitrogens is 2. The first kappa shape index (κ1) is 15.2. The van der Waals surface area contributed by atoms with Crippen molar-refractivity contribution in [3.05, 3.63) is 41.0 Å². The monoisotopic (exact) mass is 341 g/mol. The molecule has 6 heteroatoms. The second kappa shape index (κ2) is 6.65. The highest BCUT2D eigenvalue weighted by atomic mass is 32.1. The number of thiophene rings is 1. The molecule has 124 valence electrons. The van der Waals surface area contributed by atoms with Crippen LogP contribution in [0, 0.1) is 0 Å². The molecule has 0 atom stereocenters. The summed E-state index contributed by atoms with van der Waals surface area (Å²) < 4.78 is 10.9. The molecule has 0 aliphatic heterocycles. The highest BCUT2D eigenvalue weighted by Crippen LogP contribution is 2.38. The molecular weight excluding hydrogens is 322 g/mol. The molecule has 0 spiro atoms. The van der Waals surface area contributed by atoms with Crippen molar-refractivity contribution in [1.82, 2.24) is 9.97 Å². The van der Waals surface area contributed by atoms with Crippen molar-refractivity contribution in [2.45, 2.75) is 19.3 Å². The van der Waals surface area contributed by atoms with E-state index in [1.54, 1.807) is 24.8 Å². The predicted octanol–water partition coefficient (Wildman–Crippen LogP) is 3.68. The minimum atomic E-state index is 0.574. The van der Waals surface area contributed by atoms with E-state index in [0.717, 1.165) is 28.6 Å². The molecule has 0 saturated heterocycles. The van der Waals surface area contributed by atoms with Crippen molar-refractivity contribution < 1.29 is 9.47 Å². The van der Waals surface area contributed by atoms with Gasteiger partial charge in [0.25, 0.3) is 0 Å². The van der Waals surface area contributed by atoms with E-state index >= 15 is 0 Å². The normalized spacial score (nSPS) is 13.0. The number of hydrogen-bond acceptors (Lipinski definition) is 6. The molecule has 0 fully saturated rings. The molecule has 24 heavy (non-hydrogen) atoms. The molecule has 0 unspecified atom stereocenters. The summed E-state index contributed by atoms with van der Waals surface area (Å²) in [6.45, 7) is 1.27. The maximum atomic E-state index is 5.75. The van der Waals surface area contributed by atoms with E-state index in [1.165, 1.54) is 28.7 Å². The van der Waals surface area contributed by atoms with E-state index in [9.17, 15) is 0 Å². The molecule has 1 aliphatic rings. The summed E-state index contributed by atoms with van der Waals surface area (Å²) in [4.78, 5) is 11.4. The third-order valence-corrected chi connectivity index (χ3v) is 5.42. The van der Waals surface area contributed by atoms with Crippen molar-refractivity contribution in [3.8, 4) is 11.5 Å². The Kier molecular flexibility index (Phi) is 4.21. The summed E-state index contributed by atoms with van der Waals surface area (Å²) in [6.07, 6.45) is 5.20. The van der Waals surface area contributed by atoms with Gasteiger partial charge in [-0.3, -0.25) is 0 Å². The zero-order chi connectivity index (χ0) is 16.4. The zero-order valence-electron chi connectivity index (χ0n) is 13.5. The number of fused-ring (bicyclic) bond motifs is 3. The van der Waals surface area contributed by atoms with E-state index in [-0.39, 0.29) is 0 Å². The van der Waals surface area contributed by atoms with Crippen LogP contribution in [0.25, 0.3) is 10.2 Å². The molecule has 1 aromatic carbocycles. The number of nitrogens with one attached hydrogen (secondary N) is 1. The van der Waals surface area contributed by atoms with E-state index in [0.29, 0.717) is 13.2 Å². The van der Waals surface area contributed by atoms with Crippen LogP contribution in [-0.2, 0) is 12.8 Å². The van der Waals surface area contributed by atoms with Gasteiger partial charge < -0.3 is 14.8 Å². The summed E-state index contributed by atoms with van der Waals surface area (Å²) in [5, 5.41) is 4.61. The van der Waals surface area contributed by atoms with Gasteiger partial charge in [0.05, 0.1) is 19.0 Å². The lowest BCUT2D eigenvalue weighted by Crippen LogP contribution is -2.12. The molecule has 0 saturated carbocycles. The molecule has 3 aromatic rings. The average Bonchev–Trinajstić information content (AvgIpc) is 3.20. The third-order valence-electron chi connectivity index (χ3n) is 4.22. The van der Waals surface area contributed by atoms with Crippen LogP contribution in [0.1, 0.15) is 16.9 Å². The van der Waals surface area contributed by atoms with E-state index in [1.807, 2.05) is 24.3 Å². The van der Waals surface area contributed by atoms with Crippen LogP contribution in [0.5, 0.6) is 11.5 Å². The highest BCUT2D eigenvalue weighted by Gasteiger charge is 2.20. The third kappa shape index (κ3) is 2.89. The van der Waals surface area contributed by atoms with Crippen LogP contribution in [0.4, 0.5) is 5.82 Å². The highest BCUT2D eigenvalue weighted by molar-refractivity contribution is 7.19. The Morgan fingerprint density at radius 1 is 1.12 bits per heavy atom. The Hall–Kier alpha value is -2.34. The molecule has 4 rings (SSSR count). The van der Waals surface area contributed by atoms with Gasteiger partial charge in [0.2, 0.25) is 0 Å². The Bertz CT molecular complexity index is 845. The number of ether oxygens (including phenoxy) is 2. The van der Waals surface area contributed by atoms with Crippen molar-refractivity contribution in [2.75, 3.05) is 25.6 Å². The van der Waals surface area contributed by atoms with Gasteiger partial charge in [0.15, 0.2) is 0 Å². The number of benzene rings is 1. The molecule has 0 radical (unpaired) electrons. The number of aryl methyl sites for hydroxylation is 2. The van der Waals surface area contributed by atoms with Crippen LogP contribution in [0.2, 0.25) is 0 Å². The molecule has 5 nitrogen and oxygen atoms in total.